The van der Waals surface area contributed by atoms with Crippen LogP contribution < -0.4 is 0 Å². The fourth-order valence-electron chi connectivity index (χ4n) is 2.28. The van der Waals surface area contributed by atoms with E-state index in [1.165, 1.54) is 0 Å². The Morgan fingerprint density at radius 1 is 1.12 bits per heavy atom. The van der Waals surface area contributed by atoms with Crippen LogP contribution in [0.1, 0.15) is 32.6 Å². The van der Waals surface area contributed by atoms with Gasteiger partial charge in [0.1, 0.15) is 37.1 Å². The molecule has 142 valence electrons. The van der Waals surface area contributed by atoms with Crippen LogP contribution in [0.2, 0.25) is 0 Å². The second-order valence-electron chi connectivity index (χ2n) is 5.78. The highest BCUT2D eigenvalue weighted by Gasteiger charge is 2.44. The molecule has 1 heterocycles. The maximum atomic E-state index is 11.5. The molecule has 1 aliphatic rings. The van der Waals surface area contributed by atoms with Gasteiger partial charge >= 0.3 is 5.97 Å². The van der Waals surface area contributed by atoms with Gasteiger partial charge in [0.05, 0.1) is 13.2 Å². The molecule has 1 aliphatic heterocycles. The van der Waals surface area contributed by atoms with Gasteiger partial charge in [-0.1, -0.05) is 19.8 Å². The summed E-state index contributed by atoms with van der Waals surface area (Å²) < 4.78 is 15.5. The van der Waals surface area contributed by atoms with Crippen molar-refractivity contribution >= 4 is 5.97 Å². The molecule has 0 radical (unpaired) electrons. The van der Waals surface area contributed by atoms with Crippen LogP contribution >= 0.6 is 0 Å². The number of unbranched alkanes of at least 4 members (excludes halogenated alkanes) is 2. The van der Waals surface area contributed by atoms with Crippen LogP contribution in [0.3, 0.4) is 0 Å². The summed E-state index contributed by atoms with van der Waals surface area (Å²) in [5, 5.41) is 47.6. The molecule has 5 N–H and O–H groups in total. The topological polar surface area (TPSA) is 146 Å². The zero-order valence-corrected chi connectivity index (χ0v) is 13.8. The zero-order valence-electron chi connectivity index (χ0n) is 13.8. The van der Waals surface area contributed by atoms with Crippen LogP contribution in [0.5, 0.6) is 0 Å². The number of ether oxygens (including phenoxy) is 3. The van der Waals surface area contributed by atoms with Gasteiger partial charge in [0, 0.05) is 6.42 Å². The van der Waals surface area contributed by atoms with Gasteiger partial charge in [0.2, 0.25) is 0 Å². The molecule has 0 spiro atoms. The normalized spacial score (nSPS) is 31.7. The first-order valence-electron chi connectivity index (χ1n) is 8.17. The molecule has 1 saturated heterocycles. The maximum absolute atomic E-state index is 11.5. The molecule has 24 heavy (non-hydrogen) atoms. The Bertz CT molecular complexity index is 363. The molecular weight excluding hydrogens is 324 g/mol. The minimum absolute atomic E-state index is 0.240. The molecule has 6 atom stereocenters. The zero-order chi connectivity index (χ0) is 18.1. The number of rotatable bonds is 10. The summed E-state index contributed by atoms with van der Waals surface area (Å²) in [5.74, 6) is -0.417. The number of hydrogen-bond acceptors (Lipinski definition) is 9. The van der Waals surface area contributed by atoms with E-state index in [2.05, 4.69) is 0 Å². The molecule has 1 rings (SSSR count). The van der Waals surface area contributed by atoms with Gasteiger partial charge in [-0.2, -0.15) is 0 Å². The smallest absolute Gasteiger partial charge is 0.305 e. The van der Waals surface area contributed by atoms with Gasteiger partial charge in [0.15, 0.2) is 6.29 Å². The second kappa shape index (κ2) is 10.9. The predicted molar refractivity (Wildman–Crippen MR) is 80.8 cm³/mol. The van der Waals surface area contributed by atoms with Gasteiger partial charge in [-0.05, 0) is 6.42 Å². The first kappa shape index (κ1) is 21.2. The van der Waals surface area contributed by atoms with Crippen LogP contribution in [0.4, 0.5) is 0 Å². The summed E-state index contributed by atoms with van der Waals surface area (Å²) in [5.41, 5.74) is 0. The molecule has 1 fully saturated rings. The van der Waals surface area contributed by atoms with E-state index < -0.39 is 56.0 Å². The molecule has 0 aromatic heterocycles. The largest absolute Gasteiger partial charge is 0.463 e. The van der Waals surface area contributed by atoms with E-state index in [9.17, 15) is 25.2 Å². The van der Waals surface area contributed by atoms with Crippen molar-refractivity contribution in [1.29, 1.82) is 0 Å². The summed E-state index contributed by atoms with van der Waals surface area (Å²) in [6, 6.07) is 0. The Labute approximate surface area is 140 Å². The average Bonchev–Trinajstić information content (AvgIpc) is 2.58. The average molecular weight is 352 g/mol. The standard InChI is InChI=1S/C15H28O9/c1-2-3-4-5-11(18)22-8-9(6-16)23-15-14(21)13(20)12(19)10(7-17)24-15/h9-10,12-17,19-21H,2-8H2,1H3/t9-,10+,12-,13-,14+,15-/m0/s1. The van der Waals surface area contributed by atoms with E-state index in [1.54, 1.807) is 0 Å². The lowest BCUT2D eigenvalue weighted by atomic mass is 9.99. The highest BCUT2D eigenvalue weighted by atomic mass is 16.7. The molecule has 0 unspecified atom stereocenters. The predicted octanol–water partition coefficient (Wildman–Crippen LogP) is -1.71. The molecule has 0 aliphatic carbocycles. The van der Waals surface area contributed by atoms with Crippen molar-refractivity contribution in [3.63, 3.8) is 0 Å². The van der Waals surface area contributed by atoms with E-state index in [0.29, 0.717) is 6.42 Å². The van der Waals surface area contributed by atoms with Crippen LogP contribution in [0.25, 0.3) is 0 Å². The number of carbonyl (C=O) groups excluding carboxylic acids is 1. The Morgan fingerprint density at radius 2 is 1.83 bits per heavy atom. The van der Waals surface area contributed by atoms with Gasteiger partial charge in [0.25, 0.3) is 0 Å². The van der Waals surface area contributed by atoms with Crippen molar-refractivity contribution < 1.29 is 44.5 Å². The summed E-state index contributed by atoms with van der Waals surface area (Å²) in [7, 11) is 0. The quantitative estimate of drug-likeness (QED) is 0.229. The van der Waals surface area contributed by atoms with Crippen molar-refractivity contribution in [3.8, 4) is 0 Å². The van der Waals surface area contributed by atoms with Crippen LogP contribution in [0.15, 0.2) is 0 Å². The van der Waals surface area contributed by atoms with Crippen molar-refractivity contribution in [2.75, 3.05) is 19.8 Å². The molecule has 0 aromatic rings. The molecule has 0 aromatic carbocycles. The van der Waals surface area contributed by atoms with Crippen LogP contribution in [0, 0.1) is 0 Å². The third kappa shape index (κ3) is 6.25. The summed E-state index contributed by atoms with van der Waals surface area (Å²) >= 11 is 0. The van der Waals surface area contributed by atoms with Crippen LogP contribution in [-0.4, -0.2) is 88.1 Å². The number of hydrogen-bond donors (Lipinski definition) is 5. The highest BCUT2D eigenvalue weighted by Crippen LogP contribution is 2.23. The van der Waals surface area contributed by atoms with E-state index in [1.807, 2.05) is 6.92 Å². The number of aliphatic hydroxyl groups is 5. The molecule has 0 amide bonds. The fourth-order valence-corrected chi connectivity index (χ4v) is 2.28. The third-order valence-corrected chi connectivity index (χ3v) is 3.79. The van der Waals surface area contributed by atoms with E-state index in [-0.39, 0.29) is 13.0 Å². The highest BCUT2D eigenvalue weighted by molar-refractivity contribution is 5.69. The Hall–Kier alpha value is -0.810. The molecule has 0 bridgehead atoms. The van der Waals surface area contributed by atoms with Gasteiger partial charge in [-0.15, -0.1) is 0 Å². The Morgan fingerprint density at radius 3 is 2.42 bits per heavy atom. The number of aliphatic hydroxyl groups excluding tert-OH is 5. The molecule has 9 heteroatoms. The summed E-state index contributed by atoms with van der Waals surface area (Å²) in [4.78, 5) is 11.5. The van der Waals surface area contributed by atoms with Gasteiger partial charge < -0.3 is 39.7 Å². The number of esters is 1. The van der Waals surface area contributed by atoms with Gasteiger partial charge in [-0.25, -0.2) is 0 Å². The van der Waals surface area contributed by atoms with Crippen LogP contribution in [-0.2, 0) is 19.0 Å². The van der Waals surface area contributed by atoms with Crippen molar-refractivity contribution in [2.45, 2.75) is 69.4 Å². The first-order chi connectivity index (χ1) is 11.4. The molecule has 0 saturated carbocycles. The third-order valence-electron chi connectivity index (χ3n) is 3.79. The van der Waals surface area contributed by atoms with Gasteiger partial charge in [-0.3, -0.25) is 4.79 Å². The van der Waals surface area contributed by atoms with Crippen molar-refractivity contribution in [3.05, 3.63) is 0 Å². The van der Waals surface area contributed by atoms with E-state index >= 15 is 0 Å². The second-order valence-corrected chi connectivity index (χ2v) is 5.78. The summed E-state index contributed by atoms with van der Waals surface area (Å²) in [6.45, 7) is 0.691. The van der Waals surface area contributed by atoms with E-state index in [4.69, 9.17) is 19.3 Å². The number of carbonyl (C=O) groups is 1. The summed E-state index contributed by atoms with van der Waals surface area (Å²) in [6.07, 6.45) is -5.21. The maximum Gasteiger partial charge on any atom is 0.305 e. The van der Waals surface area contributed by atoms with Crippen molar-refractivity contribution in [1.82, 2.24) is 0 Å². The Kier molecular flexibility index (Phi) is 9.67. The van der Waals surface area contributed by atoms with E-state index in [0.717, 1.165) is 12.8 Å². The lowest BCUT2D eigenvalue weighted by molar-refractivity contribution is -0.315. The molecule has 9 nitrogen and oxygen atoms in total. The van der Waals surface area contributed by atoms with Crippen molar-refractivity contribution in [2.24, 2.45) is 0 Å². The lowest BCUT2D eigenvalue weighted by Crippen LogP contribution is -2.60. The minimum Gasteiger partial charge on any atom is -0.463 e. The SMILES string of the molecule is CCCCCC(=O)OC[C@H](CO)O[C@H]1O[C@H](CO)[C@H](O)[C@H](O)[C@H]1O. The monoisotopic (exact) mass is 352 g/mol. The lowest BCUT2D eigenvalue weighted by Gasteiger charge is -2.40. The minimum atomic E-state index is -1.57. The fraction of sp³-hybridized carbons (Fsp3) is 0.933. The Balaban J connectivity index is 2.47. The first-order valence-corrected chi connectivity index (χ1v) is 8.17. The molecular formula is C15H28O9.